The summed E-state index contributed by atoms with van der Waals surface area (Å²) in [7, 11) is -6.77. The van der Waals surface area contributed by atoms with Gasteiger partial charge in [0, 0.05) is 26.2 Å². The summed E-state index contributed by atoms with van der Waals surface area (Å²) in [6.45, 7) is 9.31. The van der Waals surface area contributed by atoms with E-state index in [4.69, 9.17) is 0 Å². The number of hydrogen-bond donors (Lipinski definition) is 1. The zero-order valence-electron chi connectivity index (χ0n) is 19.7. The van der Waals surface area contributed by atoms with E-state index in [9.17, 15) is 21.9 Å². The van der Waals surface area contributed by atoms with E-state index in [1.54, 1.807) is 12.1 Å². The number of aliphatic hydroxyl groups excluding tert-OH is 1. The predicted octanol–water partition coefficient (Wildman–Crippen LogP) is 2.92. The van der Waals surface area contributed by atoms with E-state index in [0.717, 1.165) is 11.1 Å². The van der Waals surface area contributed by atoms with Crippen LogP contribution >= 0.6 is 0 Å². The Morgan fingerprint density at radius 1 is 1.03 bits per heavy atom. The molecule has 1 saturated heterocycles. The van der Waals surface area contributed by atoms with Crippen LogP contribution in [0.1, 0.15) is 36.6 Å². The lowest BCUT2D eigenvalue weighted by atomic mass is 10.1. The standard InChI is InChI=1S/C24H34N2O5S2/c1-18(2)16-26(23-10-5-19(3)15-20(23)4)33(30,31)22-8-6-21(7-9-22)24(27)17-25-11-13-32(28,29)14-12-25/h5-10,15,18,24,27H,11-14,16-17H2,1-4H3. The van der Waals surface area contributed by atoms with E-state index in [2.05, 4.69) is 0 Å². The number of sulfonamides is 1. The van der Waals surface area contributed by atoms with Gasteiger partial charge >= 0.3 is 0 Å². The quantitative estimate of drug-likeness (QED) is 0.606. The normalized spacial score (nSPS) is 17.8. The van der Waals surface area contributed by atoms with Gasteiger partial charge in [0.2, 0.25) is 0 Å². The first-order chi connectivity index (χ1) is 15.4. The van der Waals surface area contributed by atoms with E-state index >= 15 is 0 Å². The van der Waals surface area contributed by atoms with Crippen LogP contribution in [0.3, 0.4) is 0 Å². The Morgan fingerprint density at radius 3 is 2.18 bits per heavy atom. The van der Waals surface area contributed by atoms with E-state index in [1.807, 2.05) is 50.8 Å². The van der Waals surface area contributed by atoms with Crippen LogP contribution in [0.15, 0.2) is 47.4 Å². The van der Waals surface area contributed by atoms with Crippen LogP contribution < -0.4 is 4.31 Å². The van der Waals surface area contributed by atoms with Gasteiger partial charge in [-0.25, -0.2) is 16.8 Å². The monoisotopic (exact) mass is 494 g/mol. The molecule has 1 aliphatic rings. The molecule has 1 atom stereocenters. The molecule has 182 valence electrons. The molecule has 1 unspecified atom stereocenters. The third-order valence-corrected chi connectivity index (χ3v) is 9.28. The van der Waals surface area contributed by atoms with Gasteiger partial charge in [-0.3, -0.25) is 9.21 Å². The smallest absolute Gasteiger partial charge is 0.264 e. The summed E-state index contributed by atoms with van der Waals surface area (Å²) >= 11 is 0. The SMILES string of the molecule is Cc1ccc(N(CC(C)C)S(=O)(=O)c2ccc(C(O)CN3CCS(=O)(=O)CC3)cc2)c(C)c1. The molecule has 0 radical (unpaired) electrons. The fourth-order valence-corrected chi connectivity index (χ4v) is 6.98. The van der Waals surface area contributed by atoms with Crippen LogP contribution in [-0.2, 0) is 19.9 Å². The molecule has 33 heavy (non-hydrogen) atoms. The third-order valence-electron chi connectivity index (χ3n) is 5.87. The lowest BCUT2D eigenvalue weighted by molar-refractivity contribution is 0.118. The first kappa shape index (κ1) is 25.7. The molecular weight excluding hydrogens is 460 g/mol. The van der Waals surface area contributed by atoms with Crippen molar-refractivity contribution in [3.05, 3.63) is 59.2 Å². The van der Waals surface area contributed by atoms with Gasteiger partial charge in [0.15, 0.2) is 9.84 Å². The highest BCUT2D eigenvalue weighted by molar-refractivity contribution is 7.92. The molecule has 1 N–H and O–H groups in total. The zero-order valence-corrected chi connectivity index (χ0v) is 21.4. The maximum atomic E-state index is 13.6. The Hall–Kier alpha value is -1.94. The maximum absolute atomic E-state index is 13.6. The number of benzene rings is 2. The molecule has 1 heterocycles. The lowest BCUT2D eigenvalue weighted by Crippen LogP contribution is -2.42. The topological polar surface area (TPSA) is 95.0 Å². The number of aliphatic hydroxyl groups is 1. The number of sulfone groups is 1. The van der Waals surface area contributed by atoms with Gasteiger partial charge in [0.25, 0.3) is 10.0 Å². The Labute approximate surface area is 198 Å². The highest BCUT2D eigenvalue weighted by Gasteiger charge is 2.28. The molecule has 1 fully saturated rings. The van der Waals surface area contributed by atoms with Crippen molar-refractivity contribution in [2.75, 3.05) is 42.0 Å². The minimum atomic E-state index is -3.79. The molecule has 2 aromatic rings. The van der Waals surface area contributed by atoms with Gasteiger partial charge in [0.1, 0.15) is 0 Å². The fraction of sp³-hybridized carbons (Fsp3) is 0.500. The lowest BCUT2D eigenvalue weighted by Gasteiger charge is -2.29. The number of nitrogens with zero attached hydrogens (tertiary/aromatic N) is 2. The van der Waals surface area contributed by atoms with Crippen molar-refractivity contribution in [2.45, 2.75) is 38.7 Å². The van der Waals surface area contributed by atoms with E-state index in [0.29, 0.717) is 37.4 Å². The van der Waals surface area contributed by atoms with Gasteiger partial charge in [-0.1, -0.05) is 43.7 Å². The summed E-state index contributed by atoms with van der Waals surface area (Å²) in [5, 5.41) is 10.6. The Balaban J connectivity index is 1.80. The molecule has 0 spiro atoms. The Kier molecular flexibility index (Phi) is 7.88. The summed E-state index contributed by atoms with van der Waals surface area (Å²) in [5.41, 5.74) is 3.24. The maximum Gasteiger partial charge on any atom is 0.264 e. The Bertz CT molecular complexity index is 1160. The predicted molar refractivity (Wildman–Crippen MR) is 132 cm³/mol. The molecule has 0 aliphatic carbocycles. The van der Waals surface area contributed by atoms with Crippen molar-refractivity contribution in [1.82, 2.24) is 4.90 Å². The van der Waals surface area contributed by atoms with E-state index in [1.165, 1.54) is 16.4 Å². The highest BCUT2D eigenvalue weighted by Crippen LogP contribution is 2.29. The molecule has 0 bridgehead atoms. The molecule has 3 rings (SSSR count). The van der Waals surface area contributed by atoms with E-state index < -0.39 is 26.0 Å². The number of anilines is 1. The molecule has 0 amide bonds. The van der Waals surface area contributed by atoms with Gasteiger partial charge in [-0.05, 0) is 49.1 Å². The molecule has 0 aromatic heterocycles. The van der Waals surface area contributed by atoms with Gasteiger partial charge < -0.3 is 5.11 Å². The first-order valence-electron chi connectivity index (χ1n) is 11.2. The number of rotatable bonds is 8. The fourth-order valence-electron chi connectivity index (χ4n) is 4.01. The summed E-state index contributed by atoms with van der Waals surface area (Å²) in [5.74, 6) is 0.331. The summed E-state index contributed by atoms with van der Waals surface area (Å²) < 4.78 is 51.8. The van der Waals surface area contributed by atoms with Crippen molar-refractivity contribution >= 4 is 25.5 Å². The van der Waals surface area contributed by atoms with Crippen LogP contribution in [0, 0.1) is 19.8 Å². The Morgan fingerprint density at radius 2 is 1.64 bits per heavy atom. The summed E-state index contributed by atoms with van der Waals surface area (Å²) in [4.78, 5) is 2.09. The average Bonchev–Trinajstić information content (AvgIpc) is 2.74. The largest absolute Gasteiger partial charge is 0.387 e. The second-order valence-electron chi connectivity index (χ2n) is 9.26. The minimum absolute atomic E-state index is 0.0982. The molecule has 2 aromatic carbocycles. The molecule has 7 nitrogen and oxygen atoms in total. The molecule has 9 heteroatoms. The van der Waals surface area contributed by atoms with Gasteiger partial charge in [0.05, 0.1) is 28.2 Å². The molecular formula is C24H34N2O5S2. The van der Waals surface area contributed by atoms with Crippen LogP contribution in [0.25, 0.3) is 0 Å². The summed E-state index contributed by atoms with van der Waals surface area (Å²) in [6, 6.07) is 12.1. The van der Waals surface area contributed by atoms with Crippen molar-refractivity contribution in [1.29, 1.82) is 0 Å². The van der Waals surface area contributed by atoms with Crippen LogP contribution in [0.5, 0.6) is 0 Å². The van der Waals surface area contributed by atoms with Crippen LogP contribution in [0.2, 0.25) is 0 Å². The van der Waals surface area contributed by atoms with Crippen molar-refractivity contribution in [2.24, 2.45) is 5.92 Å². The van der Waals surface area contributed by atoms with E-state index in [-0.39, 0.29) is 22.3 Å². The third kappa shape index (κ3) is 6.35. The molecule has 1 aliphatic heterocycles. The van der Waals surface area contributed by atoms with Crippen molar-refractivity contribution in [3.63, 3.8) is 0 Å². The van der Waals surface area contributed by atoms with Crippen LogP contribution in [-0.4, -0.2) is 64.5 Å². The second-order valence-corrected chi connectivity index (χ2v) is 13.4. The zero-order chi connectivity index (χ0) is 24.4. The first-order valence-corrected chi connectivity index (χ1v) is 14.5. The van der Waals surface area contributed by atoms with Crippen LogP contribution in [0.4, 0.5) is 5.69 Å². The molecule has 0 saturated carbocycles. The van der Waals surface area contributed by atoms with Crippen molar-refractivity contribution < 1.29 is 21.9 Å². The number of hydrogen-bond acceptors (Lipinski definition) is 6. The number of β-amino-alcohol motifs (C(OH)–C–C–N with tert-alkyl or cyclic N) is 1. The van der Waals surface area contributed by atoms with Crippen molar-refractivity contribution in [3.8, 4) is 0 Å². The average molecular weight is 495 g/mol. The number of aryl methyl sites for hydroxylation is 2. The minimum Gasteiger partial charge on any atom is -0.387 e. The van der Waals surface area contributed by atoms with Gasteiger partial charge in [-0.15, -0.1) is 0 Å². The summed E-state index contributed by atoms with van der Waals surface area (Å²) in [6.07, 6.45) is -0.825. The second kappa shape index (κ2) is 10.1. The highest BCUT2D eigenvalue weighted by atomic mass is 32.2. The van der Waals surface area contributed by atoms with Gasteiger partial charge in [-0.2, -0.15) is 0 Å².